The number of nitrogens with two attached hydrogens (primary N) is 1. The molecule has 1 aromatic carbocycles. The van der Waals surface area contributed by atoms with E-state index in [1.165, 1.54) is 13.2 Å². The van der Waals surface area contributed by atoms with Crippen LogP contribution in [-0.4, -0.2) is 23.3 Å². The first-order valence-corrected chi connectivity index (χ1v) is 5.57. The van der Waals surface area contributed by atoms with Gasteiger partial charge in [0.25, 0.3) is 5.91 Å². The molecule has 88 valence electrons. The van der Waals surface area contributed by atoms with Gasteiger partial charge in [-0.1, -0.05) is 12.1 Å². The lowest BCUT2D eigenvalue weighted by atomic mass is 10.1. The highest BCUT2D eigenvalue weighted by Crippen LogP contribution is 2.34. The van der Waals surface area contributed by atoms with Crippen LogP contribution in [0.25, 0.3) is 6.08 Å². The summed E-state index contributed by atoms with van der Waals surface area (Å²) in [7, 11) is 1.46. The third kappa shape index (κ3) is 2.26. The fourth-order valence-corrected chi connectivity index (χ4v) is 2.06. The maximum absolute atomic E-state index is 11.4. The maximum atomic E-state index is 11.4. The third-order valence-electron chi connectivity index (χ3n) is 2.17. The second-order valence-corrected chi connectivity index (χ2v) is 4.33. The molecule has 0 aromatic heterocycles. The first kappa shape index (κ1) is 11.5. The average Bonchev–Trinajstić information content (AvgIpc) is 2.60. The van der Waals surface area contributed by atoms with Gasteiger partial charge in [-0.3, -0.25) is 4.79 Å². The number of hydrogen-bond acceptors (Lipinski definition) is 5. The van der Waals surface area contributed by atoms with Gasteiger partial charge in [0.2, 0.25) is 0 Å². The minimum Gasteiger partial charge on any atom is -0.504 e. The van der Waals surface area contributed by atoms with Crippen LogP contribution in [0.1, 0.15) is 5.56 Å². The molecule has 0 spiro atoms. The molecule has 1 aliphatic heterocycles. The monoisotopic (exact) mass is 250 g/mol. The number of hydrogen-bond donors (Lipinski definition) is 2. The lowest BCUT2D eigenvalue weighted by molar-refractivity contribution is -0.113. The molecular weight excluding hydrogens is 240 g/mol. The lowest BCUT2D eigenvalue weighted by Crippen LogP contribution is -2.01. The van der Waals surface area contributed by atoms with Gasteiger partial charge in [-0.15, -0.1) is 0 Å². The molecule has 3 N–H and O–H groups in total. The van der Waals surface area contributed by atoms with Crippen molar-refractivity contribution >= 4 is 28.9 Å². The van der Waals surface area contributed by atoms with Crippen LogP contribution in [0, 0.1) is 0 Å². The normalized spacial score (nSPS) is 17.4. The first-order chi connectivity index (χ1) is 8.11. The van der Waals surface area contributed by atoms with Crippen LogP contribution in [0.2, 0.25) is 0 Å². The van der Waals surface area contributed by atoms with Crippen LogP contribution in [0.15, 0.2) is 28.1 Å². The molecule has 0 saturated heterocycles. The van der Waals surface area contributed by atoms with E-state index in [4.69, 9.17) is 10.5 Å². The van der Waals surface area contributed by atoms with Crippen molar-refractivity contribution in [3.05, 3.63) is 28.7 Å². The molecule has 1 amide bonds. The smallest absolute Gasteiger partial charge is 0.286 e. The minimum absolute atomic E-state index is 0.0126. The quantitative estimate of drug-likeness (QED) is 0.773. The minimum atomic E-state index is -0.394. The number of phenolic OH excluding ortho intramolecular Hbond substituents is 1. The molecule has 2 rings (SSSR count). The molecule has 0 atom stereocenters. The van der Waals surface area contributed by atoms with Crippen molar-refractivity contribution in [2.45, 2.75) is 0 Å². The Morgan fingerprint density at radius 2 is 2.29 bits per heavy atom. The van der Waals surface area contributed by atoms with Crippen LogP contribution in [-0.2, 0) is 4.79 Å². The van der Waals surface area contributed by atoms with E-state index in [-0.39, 0.29) is 10.9 Å². The number of aromatic hydroxyl groups is 1. The van der Waals surface area contributed by atoms with Crippen LogP contribution >= 0.6 is 11.8 Å². The SMILES string of the molecule is COc1cccc(C=C2SC(N)=NC2=O)c1O. The lowest BCUT2D eigenvalue weighted by Gasteiger charge is -2.05. The summed E-state index contributed by atoms with van der Waals surface area (Å²) in [6.07, 6.45) is 1.54. The second-order valence-electron chi connectivity index (χ2n) is 3.26. The van der Waals surface area contributed by atoms with E-state index in [2.05, 4.69) is 4.99 Å². The Hall–Kier alpha value is -1.95. The Kier molecular flexibility index (Phi) is 3.06. The molecule has 0 fully saturated rings. The van der Waals surface area contributed by atoms with Crippen LogP contribution in [0.5, 0.6) is 11.5 Å². The van der Waals surface area contributed by atoms with Crippen molar-refractivity contribution in [2.24, 2.45) is 10.7 Å². The largest absolute Gasteiger partial charge is 0.504 e. The second kappa shape index (κ2) is 4.50. The Balaban J connectivity index is 2.37. The zero-order chi connectivity index (χ0) is 12.4. The van der Waals surface area contributed by atoms with E-state index in [0.717, 1.165) is 11.8 Å². The summed E-state index contributed by atoms with van der Waals surface area (Å²) in [5, 5.41) is 10.1. The van der Waals surface area contributed by atoms with Gasteiger partial charge in [0.15, 0.2) is 16.7 Å². The molecule has 0 saturated carbocycles. The Morgan fingerprint density at radius 1 is 1.53 bits per heavy atom. The molecule has 5 nitrogen and oxygen atoms in total. The molecule has 6 heteroatoms. The highest BCUT2D eigenvalue weighted by Gasteiger charge is 2.20. The van der Waals surface area contributed by atoms with E-state index < -0.39 is 5.91 Å². The predicted molar refractivity (Wildman–Crippen MR) is 66.9 cm³/mol. The summed E-state index contributed by atoms with van der Waals surface area (Å²) in [6, 6.07) is 5.03. The maximum Gasteiger partial charge on any atom is 0.286 e. The summed E-state index contributed by atoms with van der Waals surface area (Å²) in [6.45, 7) is 0. The average molecular weight is 250 g/mol. The van der Waals surface area contributed by atoms with Gasteiger partial charge in [-0.25, -0.2) is 0 Å². The molecular formula is C11H10N2O3S. The van der Waals surface area contributed by atoms with Gasteiger partial charge in [0, 0.05) is 5.56 Å². The van der Waals surface area contributed by atoms with Crippen molar-refractivity contribution in [3.63, 3.8) is 0 Å². The molecule has 0 bridgehead atoms. The number of amidine groups is 1. The highest BCUT2D eigenvalue weighted by molar-refractivity contribution is 8.18. The summed E-state index contributed by atoms with van der Waals surface area (Å²) < 4.78 is 4.97. The summed E-state index contributed by atoms with van der Waals surface area (Å²) in [5.41, 5.74) is 5.92. The van der Waals surface area contributed by atoms with Crippen LogP contribution in [0.4, 0.5) is 0 Å². The molecule has 17 heavy (non-hydrogen) atoms. The van der Waals surface area contributed by atoms with E-state index in [9.17, 15) is 9.90 Å². The fourth-order valence-electron chi connectivity index (χ4n) is 1.39. The van der Waals surface area contributed by atoms with Gasteiger partial charge in [-0.2, -0.15) is 4.99 Å². The van der Waals surface area contributed by atoms with Gasteiger partial charge in [0.05, 0.1) is 12.0 Å². The number of methoxy groups -OCH3 is 1. The first-order valence-electron chi connectivity index (χ1n) is 4.76. The van der Waals surface area contributed by atoms with Crippen molar-refractivity contribution < 1.29 is 14.6 Å². The number of amides is 1. The van der Waals surface area contributed by atoms with E-state index in [1.807, 2.05) is 0 Å². The van der Waals surface area contributed by atoms with E-state index in [1.54, 1.807) is 18.2 Å². The number of carbonyl (C=O) groups is 1. The van der Waals surface area contributed by atoms with Crippen molar-refractivity contribution in [1.29, 1.82) is 0 Å². The Morgan fingerprint density at radius 3 is 2.88 bits per heavy atom. The number of phenols is 1. The van der Waals surface area contributed by atoms with Crippen LogP contribution in [0.3, 0.4) is 0 Å². The van der Waals surface area contributed by atoms with Crippen molar-refractivity contribution in [2.75, 3.05) is 7.11 Å². The third-order valence-corrected chi connectivity index (χ3v) is 2.99. The Bertz CT molecular complexity index is 538. The molecule has 0 aliphatic carbocycles. The van der Waals surface area contributed by atoms with Gasteiger partial charge in [0.1, 0.15) is 0 Å². The number of ether oxygens (including phenoxy) is 1. The molecule has 1 aliphatic rings. The zero-order valence-electron chi connectivity index (χ0n) is 9.01. The van der Waals surface area contributed by atoms with Crippen molar-refractivity contribution in [3.8, 4) is 11.5 Å². The zero-order valence-corrected chi connectivity index (χ0v) is 9.82. The number of para-hydroxylation sites is 1. The number of nitrogens with zero attached hydrogens (tertiary/aromatic N) is 1. The number of thioether (sulfide) groups is 1. The highest BCUT2D eigenvalue weighted by atomic mass is 32.2. The number of aliphatic imine (C=N–C) groups is 1. The number of rotatable bonds is 2. The predicted octanol–water partition coefficient (Wildman–Crippen LogP) is 1.33. The fraction of sp³-hybridized carbons (Fsp3) is 0.0909. The van der Waals surface area contributed by atoms with Gasteiger partial charge >= 0.3 is 0 Å². The molecule has 1 heterocycles. The van der Waals surface area contributed by atoms with Gasteiger partial charge in [-0.05, 0) is 23.9 Å². The number of carbonyl (C=O) groups excluding carboxylic acids is 1. The van der Waals surface area contributed by atoms with Gasteiger partial charge < -0.3 is 15.6 Å². The molecule has 0 radical (unpaired) electrons. The number of benzene rings is 1. The van der Waals surface area contributed by atoms with E-state index in [0.29, 0.717) is 16.2 Å². The summed E-state index contributed by atoms with van der Waals surface area (Å²) in [5.74, 6) is -0.0558. The van der Waals surface area contributed by atoms with E-state index >= 15 is 0 Å². The Labute approximate surface area is 102 Å². The molecule has 0 unspecified atom stereocenters. The molecule has 1 aromatic rings. The summed E-state index contributed by atoms with van der Waals surface area (Å²) >= 11 is 1.08. The summed E-state index contributed by atoms with van der Waals surface area (Å²) in [4.78, 5) is 15.3. The van der Waals surface area contributed by atoms with Crippen molar-refractivity contribution in [1.82, 2.24) is 0 Å². The van der Waals surface area contributed by atoms with Crippen LogP contribution < -0.4 is 10.5 Å². The standard InChI is InChI=1S/C11H10N2O3S/c1-16-7-4-2-3-6(9(7)14)5-8-10(15)13-11(12)17-8/h2-5,14H,1H3,(H2,12,13,15). The topological polar surface area (TPSA) is 84.9 Å².